The van der Waals surface area contributed by atoms with Crippen LogP contribution in [0.25, 0.3) is 0 Å². The minimum Gasteiger partial charge on any atom is -0.367 e. The van der Waals surface area contributed by atoms with Crippen LogP contribution in [0, 0.1) is 0 Å². The van der Waals surface area contributed by atoms with Crippen molar-refractivity contribution in [1.82, 2.24) is 5.01 Å². The summed E-state index contributed by atoms with van der Waals surface area (Å²) in [5.74, 6) is 5.19. The molecule has 0 aliphatic carbocycles. The van der Waals surface area contributed by atoms with Crippen LogP contribution in [0.1, 0.15) is 6.92 Å². The maximum atomic E-state index is 8.29. The average molecular weight is 120 g/mol. The molecule has 0 bridgehead atoms. The highest BCUT2D eigenvalue weighted by Gasteiger charge is 1.99. The third kappa shape index (κ3) is 4.01. The predicted molar refractivity (Wildman–Crippen MR) is 29.7 cm³/mol. The van der Waals surface area contributed by atoms with E-state index in [4.69, 9.17) is 16.1 Å². The fourth-order valence-corrected chi connectivity index (χ4v) is 0.339. The lowest BCUT2D eigenvalue weighted by Crippen LogP contribution is -2.37. The lowest BCUT2D eigenvalue weighted by molar-refractivity contribution is -0.0607. The molecule has 0 aromatic carbocycles. The molecule has 0 fully saturated rings. The molecule has 0 rings (SSSR count). The first-order chi connectivity index (χ1) is 3.66. The Labute approximate surface area is 48.5 Å². The van der Waals surface area contributed by atoms with Gasteiger partial charge in [-0.3, -0.25) is 5.84 Å². The molecular formula is C4H12N2O2. The number of likely N-dealkylation sites (N-methyl/N-ethyl adjacent to an activating group) is 1. The van der Waals surface area contributed by atoms with Crippen molar-refractivity contribution in [3.8, 4) is 0 Å². The molecule has 0 radical (unpaired) electrons. The van der Waals surface area contributed by atoms with Gasteiger partial charge in [-0.25, -0.2) is 5.01 Å². The monoisotopic (exact) mass is 120 g/mol. The van der Waals surface area contributed by atoms with E-state index < -0.39 is 6.29 Å². The fraction of sp³-hybridized carbons (Fsp3) is 1.00. The number of hydrogen-bond acceptors (Lipinski definition) is 4. The molecule has 0 unspecified atom stereocenters. The zero-order valence-electron chi connectivity index (χ0n) is 4.91. The van der Waals surface area contributed by atoms with Crippen LogP contribution in [0.2, 0.25) is 0 Å². The molecule has 8 heavy (non-hydrogen) atoms. The van der Waals surface area contributed by atoms with Gasteiger partial charge in [0, 0.05) is 6.54 Å². The van der Waals surface area contributed by atoms with Gasteiger partial charge in [0.05, 0.1) is 6.54 Å². The summed E-state index contributed by atoms with van der Waals surface area (Å²) in [6, 6.07) is 0. The smallest absolute Gasteiger partial charge is 0.165 e. The van der Waals surface area contributed by atoms with Gasteiger partial charge in [0.1, 0.15) is 0 Å². The zero-order chi connectivity index (χ0) is 6.57. The van der Waals surface area contributed by atoms with Gasteiger partial charge in [0.2, 0.25) is 0 Å². The van der Waals surface area contributed by atoms with Crippen LogP contribution in [0.3, 0.4) is 0 Å². The Morgan fingerprint density at radius 3 is 2.25 bits per heavy atom. The molecule has 50 valence electrons. The van der Waals surface area contributed by atoms with Crippen molar-refractivity contribution in [3.63, 3.8) is 0 Å². The van der Waals surface area contributed by atoms with E-state index in [1.165, 1.54) is 5.01 Å². The lowest BCUT2D eigenvalue weighted by atomic mass is 10.6. The van der Waals surface area contributed by atoms with E-state index in [0.29, 0.717) is 6.54 Å². The predicted octanol–water partition coefficient (Wildman–Crippen LogP) is -1.51. The minimum atomic E-state index is -1.32. The second-order valence-corrected chi connectivity index (χ2v) is 1.57. The molecule has 0 aromatic heterocycles. The van der Waals surface area contributed by atoms with Gasteiger partial charge in [0.15, 0.2) is 6.29 Å². The molecule has 0 heterocycles. The van der Waals surface area contributed by atoms with E-state index in [1.54, 1.807) is 0 Å². The Hall–Kier alpha value is -0.160. The summed E-state index contributed by atoms with van der Waals surface area (Å²) in [7, 11) is 0. The Kier molecular flexibility index (Phi) is 3.72. The van der Waals surface area contributed by atoms with Crippen LogP contribution in [0.4, 0.5) is 0 Å². The highest BCUT2D eigenvalue weighted by Crippen LogP contribution is 1.78. The van der Waals surface area contributed by atoms with Crippen LogP contribution in [-0.2, 0) is 0 Å². The summed E-state index contributed by atoms with van der Waals surface area (Å²) >= 11 is 0. The Morgan fingerprint density at radius 1 is 1.62 bits per heavy atom. The van der Waals surface area contributed by atoms with E-state index in [2.05, 4.69) is 0 Å². The van der Waals surface area contributed by atoms with Gasteiger partial charge in [-0.05, 0) is 0 Å². The zero-order valence-corrected chi connectivity index (χ0v) is 4.91. The van der Waals surface area contributed by atoms with Crippen LogP contribution in [-0.4, -0.2) is 34.6 Å². The van der Waals surface area contributed by atoms with Crippen molar-refractivity contribution >= 4 is 0 Å². The molecule has 0 saturated carbocycles. The van der Waals surface area contributed by atoms with Crippen molar-refractivity contribution < 1.29 is 10.2 Å². The maximum absolute atomic E-state index is 8.29. The van der Waals surface area contributed by atoms with E-state index in [1.807, 2.05) is 6.92 Å². The molecule has 0 saturated heterocycles. The summed E-state index contributed by atoms with van der Waals surface area (Å²) in [4.78, 5) is 0. The van der Waals surface area contributed by atoms with Gasteiger partial charge in [0.25, 0.3) is 0 Å². The van der Waals surface area contributed by atoms with Crippen LogP contribution in [0.5, 0.6) is 0 Å². The van der Waals surface area contributed by atoms with Crippen molar-refractivity contribution in [3.05, 3.63) is 0 Å². The standard InChI is InChI=1S/C4H12N2O2/c1-2-6(5)3-4(7)8/h4,7-8H,2-3,5H2,1H3. The molecule has 0 aliphatic heterocycles. The van der Waals surface area contributed by atoms with E-state index in [9.17, 15) is 0 Å². The number of rotatable bonds is 3. The number of aliphatic hydroxyl groups excluding tert-OH is 1. The first-order valence-corrected chi connectivity index (χ1v) is 2.52. The molecule has 0 aromatic rings. The second kappa shape index (κ2) is 3.80. The molecule has 0 atom stereocenters. The van der Waals surface area contributed by atoms with E-state index >= 15 is 0 Å². The number of hydrazine groups is 1. The Morgan fingerprint density at radius 2 is 2.12 bits per heavy atom. The van der Waals surface area contributed by atoms with Gasteiger partial charge in [-0.1, -0.05) is 6.92 Å². The molecule has 0 aliphatic rings. The van der Waals surface area contributed by atoms with Crippen molar-refractivity contribution in [2.75, 3.05) is 13.1 Å². The van der Waals surface area contributed by atoms with Gasteiger partial charge in [-0.2, -0.15) is 0 Å². The highest BCUT2D eigenvalue weighted by atomic mass is 16.5. The quantitative estimate of drug-likeness (QED) is 0.241. The topological polar surface area (TPSA) is 69.7 Å². The summed E-state index contributed by atoms with van der Waals surface area (Å²) in [5.41, 5.74) is 0. The summed E-state index contributed by atoms with van der Waals surface area (Å²) in [6.45, 7) is 2.57. The maximum Gasteiger partial charge on any atom is 0.165 e. The highest BCUT2D eigenvalue weighted by molar-refractivity contribution is 4.43. The molecule has 0 spiro atoms. The number of aliphatic hydroxyl groups is 2. The Bertz CT molecular complexity index is 58.0. The molecule has 4 heteroatoms. The third-order valence-corrected chi connectivity index (χ3v) is 0.804. The normalized spacial score (nSPS) is 11.2. The summed E-state index contributed by atoms with van der Waals surface area (Å²) in [6.07, 6.45) is -1.32. The van der Waals surface area contributed by atoms with Crippen molar-refractivity contribution in [1.29, 1.82) is 0 Å². The molecular weight excluding hydrogens is 108 g/mol. The van der Waals surface area contributed by atoms with Crippen molar-refractivity contribution in [2.45, 2.75) is 13.2 Å². The van der Waals surface area contributed by atoms with Crippen LogP contribution >= 0.6 is 0 Å². The third-order valence-electron chi connectivity index (χ3n) is 0.804. The number of nitrogens with zero attached hydrogens (tertiary/aromatic N) is 1. The van der Waals surface area contributed by atoms with Crippen LogP contribution < -0.4 is 5.84 Å². The minimum absolute atomic E-state index is 0.108. The van der Waals surface area contributed by atoms with Gasteiger partial charge < -0.3 is 10.2 Å². The van der Waals surface area contributed by atoms with Crippen LogP contribution in [0.15, 0.2) is 0 Å². The first-order valence-electron chi connectivity index (χ1n) is 2.52. The number of nitrogens with two attached hydrogens (primary N) is 1. The largest absolute Gasteiger partial charge is 0.367 e. The second-order valence-electron chi connectivity index (χ2n) is 1.57. The Balaban J connectivity index is 3.10. The molecule has 4 nitrogen and oxygen atoms in total. The summed E-state index contributed by atoms with van der Waals surface area (Å²) < 4.78 is 0. The first kappa shape index (κ1) is 7.84. The van der Waals surface area contributed by atoms with Gasteiger partial charge in [-0.15, -0.1) is 0 Å². The van der Waals surface area contributed by atoms with E-state index in [0.717, 1.165) is 0 Å². The van der Waals surface area contributed by atoms with Crippen molar-refractivity contribution in [2.24, 2.45) is 5.84 Å². The average Bonchev–Trinajstić information content (AvgIpc) is 1.65. The number of hydrogen-bond donors (Lipinski definition) is 3. The van der Waals surface area contributed by atoms with Gasteiger partial charge >= 0.3 is 0 Å². The molecule has 4 N–H and O–H groups in total. The van der Waals surface area contributed by atoms with E-state index in [-0.39, 0.29) is 6.54 Å². The lowest BCUT2D eigenvalue weighted by Gasteiger charge is -2.13. The summed E-state index contributed by atoms with van der Waals surface area (Å²) in [5, 5.41) is 17.9. The SMILES string of the molecule is CCN(N)CC(O)O. The molecule has 0 amide bonds. The fourth-order valence-electron chi connectivity index (χ4n) is 0.339.